The van der Waals surface area contributed by atoms with Crippen molar-refractivity contribution in [3.63, 3.8) is 0 Å². The molecule has 0 saturated heterocycles. The average Bonchev–Trinajstić information content (AvgIpc) is 2.46. The van der Waals surface area contributed by atoms with Gasteiger partial charge in [0.25, 0.3) is 0 Å². The quantitative estimate of drug-likeness (QED) is 0.637. The molecule has 0 radical (unpaired) electrons. The van der Waals surface area contributed by atoms with E-state index >= 15 is 0 Å². The summed E-state index contributed by atoms with van der Waals surface area (Å²) in [7, 11) is 0. The first-order valence-electron chi connectivity index (χ1n) is 7.32. The zero-order valence-corrected chi connectivity index (χ0v) is 12.8. The first-order valence-corrected chi connectivity index (χ1v) is 7.32. The van der Waals surface area contributed by atoms with Gasteiger partial charge in [-0.25, -0.2) is 0 Å². The number of Topliss-reactive ketones (excluding diaryl/α,β-unsaturated/α-hetero) is 1. The minimum Gasteiger partial charge on any atom is -0.491 e. The maximum absolute atomic E-state index is 11.3. The van der Waals surface area contributed by atoms with E-state index in [2.05, 4.69) is 6.92 Å². The molecule has 2 N–H and O–H groups in total. The number of hydrogen-bond donors (Lipinski definition) is 2. The maximum atomic E-state index is 11.3. The Kier molecular flexibility index (Phi) is 7.97. The van der Waals surface area contributed by atoms with E-state index in [1.54, 1.807) is 24.3 Å². The highest BCUT2D eigenvalue weighted by atomic mass is 16.5. The molecule has 0 bridgehead atoms. The van der Waals surface area contributed by atoms with Crippen molar-refractivity contribution >= 4 is 5.78 Å². The number of ketones is 1. The van der Waals surface area contributed by atoms with Gasteiger partial charge in [-0.15, -0.1) is 0 Å². The van der Waals surface area contributed by atoms with Crippen LogP contribution >= 0.6 is 0 Å². The average molecular weight is 295 g/mol. The third-order valence-electron chi connectivity index (χ3n) is 3.11. The predicted octanol–water partition coefficient (Wildman–Crippen LogP) is 1.33. The molecule has 5 nitrogen and oxygen atoms in total. The minimum absolute atomic E-state index is 0.0157. The van der Waals surface area contributed by atoms with Gasteiger partial charge in [0.05, 0.1) is 6.61 Å². The fraction of sp³-hybridized carbons (Fsp3) is 0.562. The number of carbonyl (C=O) groups is 1. The first-order chi connectivity index (χ1) is 10.1. The van der Waals surface area contributed by atoms with E-state index in [1.807, 2.05) is 4.90 Å². The Balaban J connectivity index is 2.46. The summed E-state index contributed by atoms with van der Waals surface area (Å²) < 4.78 is 5.52. The molecule has 0 amide bonds. The minimum atomic E-state index is -0.635. The molecule has 1 unspecified atom stereocenters. The van der Waals surface area contributed by atoms with E-state index in [0.29, 0.717) is 24.4 Å². The SMILES string of the molecule is CCCN(CCO)CC(O)COc1cccc(C(C)=O)c1. The lowest BCUT2D eigenvalue weighted by Gasteiger charge is -2.23. The molecule has 0 aliphatic carbocycles. The molecular formula is C16H25NO4. The van der Waals surface area contributed by atoms with Gasteiger partial charge in [0, 0.05) is 18.7 Å². The lowest BCUT2D eigenvalue weighted by Crippen LogP contribution is -2.37. The molecule has 21 heavy (non-hydrogen) atoms. The van der Waals surface area contributed by atoms with Crippen LogP contribution in [0.1, 0.15) is 30.6 Å². The van der Waals surface area contributed by atoms with Crippen molar-refractivity contribution in [2.24, 2.45) is 0 Å². The molecule has 118 valence electrons. The molecule has 1 rings (SSSR count). The Bertz CT molecular complexity index is 430. The third kappa shape index (κ3) is 6.71. The van der Waals surface area contributed by atoms with E-state index in [9.17, 15) is 9.90 Å². The summed E-state index contributed by atoms with van der Waals surface area (Å²) in [5.74, 6) is 0.559. The summed E-state index contributed by atoms with van der Waals surface area (Å²) in [6.07, 6.45) is 0.331. The number of ether oxygens (including phenoxy) is 1. The van der Waals surface area contributed by atoms with Gasteiger partial charge in [0.2, 0.25) is 0 Å². The van der Waals surface area contributed by atoms with E-state index in [-0.39, 0.29) is 19.0 Å². The van der Waals surface area contributed by atoms with Crippen LogP contribution in [0.2, 0.25) is 0 Å². The first kappa shape index (κ1) is 17.6. The second-order valence-corrected chi connectivity index (χ2v) is 5.07. The molecule has 0 aromatic heterocycles. The predicted molar refractivity (Wildman–Crippen MR) is 81.8 cm³/mol. The molecule has 1 aromatic carbocycles. The monoisotopic (exact) mass is 295 g/mol. The molecule has 0 fully saturated rings. The second kappa shape index (κ2) is 9.50. The van der Waals surface area contributed by atoms with Crippen molar-refractivity contribution in [3.8, 4) is 5.75 Å². The van der Waals surface area contributed by atoms with Crippen LogP contribution in [0.15, 0.2) is 24.3 Å². The molecule has 1 atom stereocenters. The second-order valence-electron chi connectivity index (χ2n) is 5.07. The largest absolute Gasteiger partial charge is 0.491 e. The van der Waals surface area contributed by atoms with Crippen LogP contribution in [0.4, 0.5) is 0 Å². The van der Waals surface area contributed by atoms with Crippen LogP contribution in [0.3, 0.4) is 0 Å². The molecular weight excluding hydrogens is 270 g/mol. The smallest absolute Gasteiger partial charge is 0.159 e. The fourth-order valence-corrected chi connectivity index (χ4v) is 2.10. The Morgan fingerprint density at radius 1 is 1.38 bits per heavy atom. The van der Waals surface area contributed by atoms with Crippen LogP contribution in [0.25, 0.3) is 0 Å². The Morgan fingerprint density at radius 3 is 2.76 bits per heavy atom. The summed E-state index contributed by atoms with van der Waals surface area (Å²) in [5, 5.41) is 19.0. The fourth-order valence-electron chi connectivity index (χ4n) is 2.10. The van der Waals surface area contributed by atoms with Gasteiger partial charge in [-0.05, 0) is 32.0 Å². The summed E-state index contributed by atoms with van der Waals surface area (Å²) in [6, 6.07) is 6.92. The van der Waals surface area contributed by atoms with Gasteiger partial charge < -0.3 is 14.9 Å². The number of benzene rings is 1. The summed E-state index contributed by atoms with van der Waals surface area (Å²) >= 11 is 0. The zero-order valence-electron chi connectivity index (χ0n) is 12.8. The maximum Gasteiger partial charge on any atom is 0.159 e. The summed E-state index contributed by atoms with van der Waals surface area (Å²) in [5.41, 5.74) is 0.592. The van der Waals surface area contributed by atoms with Crippen molar-refractivity contribution in [2.45, 2.75) is 26.4 Å². The lowest BCUT2D eigenvalue weighted by atomic mass is 10.1. The third-order valence-corrected chi connectivity index (χ3v) is 3.11. The number of nitrogens with zero attached hydrogens (tertiary/aromatic N) is 1. The number of hydrogen-bond acceptors (Lipinski definition) is 5. The number of carbonyl (C=O) groups excluding carboxylic acids is 1. The van der Waals surface area contributed by atoms with Gasteiger partial charge >= 0.3 is 0 Å². The molecule has 1 aromatic rings. The molecule has 0 aliphatic rings. The van der Waals surface area contributed by atoms with Crippen LogP contribution in [-0.2, 0) is 0 Å². The van der Waals surface area contributed by atoms with Crippen molar-refractivity contribution in [3.05, 3.63) is 29.8 Å². The number of rotatable bonds is 10. The Morgan fingerprint density at radius 2 is 2.14 bits per heavy atom. The topological polar surface area (TPSA) is 70.0 Å². The Hall–Kier alpha value is -1.43. The van der Waals surface area contributed by atoms with Crippen molar-refractivity contribution < 1.29 is 19.7 Å². The van der Waals surface area contributed by atoms with Gasteiger partial charge in [-0.1, -0.05) is 19.1 Å². The van der Waals surface area contributed by atoms with Crippen LogP contribution in [-0.4, -0.2) is 59.8 Å². The van der Waals surface area contributed by atoms with Crippen molar-refractivity contribution in [2.75, 3.05) is 32.8 Å². The normalized spacial score (nSPS) is 12.4. The molecule has 0 heterocycles. The van der Waals surface area contributed by atoms with E-state index < -0.39 is 6.10 Å². The van der Waals surface area contributed by atoms with Crippen LogP contribution < -0.4 is 4.74 Å². The zero-order chi connectivity index (χ0) is 15.7. The van der Waals surface area contributed by atoms with Gasteiger partial charge in [-0.3, -0.25) is 9.69 Å². The lowest BCUT2D eigenvalue weighted by molar-refractivity contribution is 0.0618. The van der Waals surface area contributed by atoms with E-state index in [4.69, 9.17) is 9.84 Å². The highest BCUT2D eigenvalue weighted by Crippen LogP contribution is 2.14. The summed E-state index contributed by atoms with van der Waals surface area (Å²) in [4.78, 5) is 13.3. The van der Waals surface area contributed by atoms with Gasteiger partial charge in [0.1, 0.15) is 18.5 Å². The standard InChI is InChI=1S/C16H25NO4/c1-3-7-17(8-9-18)11-15(20)12-21-16-6-4-5-14(10-16)13(2)19/h4-6,10,15,18,20H,3,7-9,11-12H2,1-2H3. The molecule has 0 saturated carbocycles. The molecule has 5 heteroatoms. The number of aliphatic hydroxyl groups excluding tert-OH is 2. The highest BCUT2D eigenvalue weighted by molar-refractivity contribution is 5.94. The Labute approximate surface area is 126 Å². The van der Waals surface area contributed by atoms with Crippen LogP contribution in [0, 0.1) is 0 Å². The van der Waals surface area contributed by atoms with Crippen molar-refractivity contribution in [1.82, 2.24) is 4.90 Å². The number of aliphatic hydroxyl groups is 2. The molecule has 0 aliphatic heterocycles. The van der Waals surface area contributed by atoms with E-state index in [1.165, 1.54) is 6.92 Å². The summed E-state index contributed by atoms with van der Waals surface area (Å²) in [6.45, 7) is 5.64. The van der Waals surface area contributed by atoms with E-state index in [0.717, 1.165) is 13.0 Å². The highest BCUT2D eigenvalue weighted by Gasteiger charge is 2.12. The van der Waals surface area contributed by atoms with Gasteiger partial charge in [0.15, 0.2) is 5.78 Å². The molecule has 0 spiro atoms. The van der Waals surface area contributed by atoms with Gasteiger partial charge in [-0.2, -0.15) is 0 Å². The van der Waals surface area contributed by atoms with Crippen molar-refractivity contribution in [1.29, 1.82) is 0 Å². The van der Waals surface area contributed by atoms with Crippen LogP contribution in [0.5, 0.6) is 5.75 Å².